The van der Waals surface area contributed by atoms with Crippen LogP contribution in [0, 0.1) is 5.82 Å². The number of amides is 1. The average Bonchev–Trinajstić information content (AvgIpc) is 3.01. The van der Waals surface area contributed by atoms with E-state index in [2.05, 4.69) is 20.9 Å². The van der Waals surface area contributed by atoms with E-state index in [4.69, 9.17) is 18.9 Å². The molecular formula is C32H32BrF6N3O6. The molecule has 2 heterocycles. The number of hydrogen-bond donors (Lipinski definition) is 0. The molecule has 16 heteroatoms. The summed E-state index contributed by atoms with van der Waals surface area (Å²) in [6, 6.07) is 7.13. The third-order valence-corrected chi connectivity index (χ3v) is 7.90. The van der Waals surface area contributed by atoms with Crippen LogP contribution in [0.4, 0.5) is 32.0 Å². The molecule has 1 fully saturated rings. The number of hydrogen-bond acceptors (Lipinski definition) is 8. The highest BCUT2D eigenvalue weighted by atomic mass is 79.9. The first-order chi connectivity index (χ1) is 22.7. The van der Waals surface area contributed by atoms with Crippen LogP contribution >= 0.6 is 15.9 Å². The highest BCUT2D eigenvalue weighted by molar-refractivity contribution is 9.10. The molecule has 1 aliphatic rings. The molecule has 48 heavy (non-hydrogen) atoms. The highest BCUT2D eigenvalue weighted by Gasteiger charge is 2.38. The van der Waals surface area contributed by atoms with Crippen molar-refractivity contribution in [1.82, 2.24) is 9.88 Å². The zero-order chi connectivity index (χ0) is 35.2. The van der Waals surface area contributed by atoms with Crippen LogP contribution in [0.15, 0.2) is 53.1 Å². The van der Waals surface area contributed by atoms with Gasteiger partial charge < -0.3 is 18.9 Å². The number of carbonyl (C=O) groups excluding carboxylic acids is 2. The van der Waals surface area contributed by atoms with Gasteiger partial charge >= 0.3 is 12.1 Å². The normalized spacial score (nSPS) is 15.0. The van der Waals surface area contributed by atoms with E-state index < -0.39 is 53.8 Å². The minimum atomic E-state index is -4.94. The second-order valence-corrected chi connectivity index (χ2v) is 11.9. The molecule has 0 unspecified atom stereocenters. The van der Waals surface area contributed by atoms with Gasteiger partial charge in [-0.1, -0.05) is 15.9 Å². The molecule has 0 N–H and O–H groups in total. The van der Waals surface area contributed by atoms with E-state index in [0.29, 0.717) is 11.0 Å². The van der Waals surface area contributed by atoms with Gasteiger partial charge in [0.2, 0.25) is 5.88 Å². The molecule has 0 bridgehead atoms. The third kappa shape index (κ3) is 9.03. The fraction of sp³-hybridized carbons (Fsp3) is 0.406. The van der Waals surface area contributed by atoms with Crippen molar-refractivity contribution in [2.45, 2.75) is 37.5 Å². The number of halogens is 7. The first-order valence-electron chi connectivity index (χ1n) is 14.5. The summed E-state index contributed by atoms with van der Waals surface area (Å²) in [6.07, 6.45) is -3.94. The van der Waals surface area contributed by atoms with E-state index in [1.54, 1.807) is 0 Å². The van der Waals surface area contributed by atoms with E-state index in [0.717, 1.165) is 36.4 Å². The predicted molar refractivity (Wildman–Crippen MR) is 165 cm³/mol. The fourth-order valence-corrected chi connectivity index (χ4v) is 5.66. The van der Waals surface area contributed by atoms with Crippen molar-refractivity contribution < 1.29 is 54.9 Å². The Morgan fingerprint density at radius 1 is 1.04 bits per heavy atom. The lowest BCUT2D eigenvalue weighted by molar-refractivity contribution is -0.139. The van der Waals surface area contributed by atoms with Gasteiger partial charge in [0.15, 0.2) is 0 Å². The largest absolute Gasteiger partial charge is 0.465 e. The van der Waals surface area contributed by atoms with E-state index >= 15 is 0 Å². The molecular weight excluding hydrogens is 716 g/mol. The molecule has 0 atom stereocenters. The van der Waals surface area contributed by atoms with E-state index in [1.165, 1.54) is 43.4 Å². The molecule has 1 aliphatic heterocycles. The van der Waals surface area contributed by atoms with E-state index in [1.807, 2.05) is 0 Å². The average molecular weight is 749 g/mol. The van der Waals surface area contributed by atoms with Crippen LogP contribution in [-0.4, -0.2) is 81.4 Å². The minimum Gasteiger partial charge on any atom is -0.465 e. The molecule has 3 aromatic rings. The molecule has 0 saturated carbocycles. The van der Waals surface area contributed by atoms with Gasteiger partial charge in [-0.2, -0.15) is 13.2 Å². The van der Waals surface area contributed by atoms with Crippen LogP contribution in [-0.2, 0) is 26.9 Å². The monoisotopic (exact) mass is 747 g/mol. The smallest absolute Gasteiger partial charge is 0.421 e. The number of esters is 1. The van der Waals surface area contributed by atoms with E-state index in [-0.39, 0.29) is 60.7 Å². The Kier molecular flexibility index (Phi) is 12.1. The molecule has 4 rings (SSSR count). The molecule has 1 aromatic heterocycles. The zero-order valence-corrected chi connectivity index (χ0v) is 27.7. The van der Waals surface area contributed by atoms with Crippen molar-refractivity contribution in [3.8, 4) is 11.6 Å². The number of aromatic nitrogens is 1. The molecule has 1 amide bonds. The number of rotatable bonds is 12. The Balaban J connectivity index is 1.75. The van der Waals surface area contributed by atoms with Crippen LogP contribution in [0.5, 0.6) is 11.6 Å². The molecule has 0 aliphatic carbocycles. The Morgan fingerprint density at radius 2 is 1.75 bits per heavy atom. The van der Waals surface area contributed by atoms with Gasteiger partial charge in [-0.15, -0.1) is 0 Å². The lowest BCUT2D eigenvalue weighted by Gasteiger charge is -2.32. The summed E-state index contributed by atoms with van der Waals surface area (Å²) in [6.45, 7) is -0.700. The SMILES string of the molecule is COCC(COC)N(C(=O)c1ccc(Br)cc1F)c1ccc(Oc2ncc(CN3CCCC(F)(F)C3)cc2C(F)(F)F)cc1C(=O)OC. The fourth-order valence-electron chi connectivity index (χ4n) is 5.33. The van der Waals surface area contributed by atoms with Crippen LogP contribution in [0.1, 0.15) is 44.7 Å². The Labute approximate surface area is 280 Å². The number of ether oxygens (including phenoxy) is 4. The molecule has 260 valence electrons. The summed E-state index contributed by atoms with van der Waals surface area (Å²) < 4.78 is 107. The molecule has 2 aromatic carbocycles. The Hall–Kier alpha value is -3.73. The first kappa shape index (κ1) is 37.1. The number of anilines is 1. The number of pyridine rings is 1. The van der Waals surface area contributed by atoms with Crippen molar-refractivity contribution in [3.05, 3.63) is 81.2 Å². The third-order valence-electron chi connectivity index (χ3n) is 7.40. The number of benzene rings is 2. The predicted octanol–water partition coefficient (Wildman–Crippen LogP) is 7.12. The summed E-state index contributed by atoms with van der Waals surface area (Å²) >= 11 is 3.14. The van der Waals surface area contributed by atoms with Crippen molar-refractivity contribution in [1.29, 1.82) is 0 Å². The van der Waals surface area contributed by atoms with Gasteiger partial charge in [0.1, 0.15) is 17.1 Å². The van der Waals surface area contributed by atoms with Gasteiger partial charge in [0.05, 0.1) is 49.7 Å². The van der Waals surface area contributed by atoms with Crippen molar-refractivity contribution in [3.63, 3.8) is 0 Å². The number of carbonyl (C=O) groups is 2. The van der Waals surface area contributed by atoms with Crippen LogP contribution in [0.2, 0.25) is 0 Å². The minimum absolute atomic E-state index is 0.0506. The summed E-state index contributed by atoms with van der Waals surface area (Å²) in [7, 11) is 3.78. The van der Waals surface area contributed by atoms with Crippen LogP contribution in [0.25, 0.3) is 0 Å². The summed E-state index contributed by atoms with van der Waals surface area (Å²) in [5.74, 6) is -6.81. The lowest BCUT2D eigenvalue weighted by atomic mass is 10.1. The molecule has 9 nitrogen and oxygen atoms in total. The van der Waals surface area contributed by atoms with Gasteiger partial charge in [0, 0.05) is 37.9 Å². The molecule has 0 radical (unpaired) electrons. The standard InChI is InChI=1S/C32H32BrF6N3O6/c1-45-16-21(17-46-2)42(29(43)23-7-5-20(33)12-26(23)34)27-8-6-22(13-24(27)30(44)47-3)48-28-25(32(37,38)39)11-19(14-40-28)15-41-10-4-9-31(35,36)18-41/h5-8,11-14,21H,4,9-10,15-18H2,1-3H3. The number of piperidine rings is 1. The van der Waals surface area contributed by atoms with E-state index in [9.17, 15) is 35.9 Å². The molecule has 1 saturated heterocycles. The number of nitrogens with zero attached hydrogens (tertiary/aromatic N) is 3. The Morgan fingerprint density at radius 3 is 2.35 bits per heavy atom. The number of alkyl halides is 5. The lowest BCUT2D eigenvalue weighted by Crippen LogP contribution is -2.46. The number of methoxy groups -OCH3 is 3. The Bertz CT molecular complexity index is 1620. The second-order valence-electron chi connectivity index (χ2n) is 11.0. The van der Waals surface area contributed by atoms with Gasteiger partial charge in [0.25, 0.3) is 11.8 Å². The summed E-state index contributed by atoms with van der Waals surface area (Å²) in [4.78, 5) is 33.2. The zero-order valence-electron chi connectivity index (χ0n) is 26.1. The second kappa shape index (κ2) is 15.7. The summed E-state index contributed by atoms with van der Waals surface area (Å²) in [5, 5.41) is 0. The maximum absolute atomic E-state index is 15.0. The van der Waals surface area contributed by atoms with Crippen molar-refractivity contribution in [2.24, 2.45) is 0 Å². The topological polar surface area (TPSA) is 90.4 Å². The maximum Gasteiger partial charge on any atom is 0.421 e. The van der Waals surface area contributed by atoms with Gasteiger partial charge in [-0.05, 0) is 61.0 Å². The van der Waals surface area contributed by atoms with Gasteiger partial charge in [-0.25, -0.2) is 22.9 Å². The van der Waals surface area contributed by atoms with Crippen LogP contribution < -0.4 is 9.64 Å². The quantitative estimate of drug-likeness (QED) is 0.143. The number of likely N-dealkylation sites (tertiary alicyclic amines) is 1. The van der Waals surface area contributed by atoms with Crippen molar-refractivity contribution in [2.75, 3.05) is 52.5 Å². The molecule has 0 spiro atoms. The highest BCUT2D eigenvalue weighted by Crippen LogP contribution is 2.39. The van der Waals surface area contributed by atoms with Crippen molar-refractivity contribution >= 4 is 33.5 Å². The van der Waals surface area contributed by atoms with Crippen LogP contribution in [0.3, 0.4) is 0 Å². The summed E-state index contributed by atoms with van der Waals surface area (Å²) in [5.41, 5.74) is -1.98. The first-order valence-corrected chi connectivity index (χ1v) is 15.3. The van der Waals surface area contributed by atoms with Gasteiger partial charge in [-0.3, -0.25) is 14.6 Å². The maximum atomic E-state index is 15.0.